The first kappa shape index (κ1) is 16.6. The lowest BCUT2D eigenvalue weighted by Crippen LogP contribution is -2.28. The zero-order chi connectivity index (χ0) is 17.8. The lowest BCUT2D eigenvalue weighted by atomic mass is 10.1. The molecule has 0 saturated carbocycles. The summed E-state index contributed by atoms with van der Waals surface area (Å²) >= 11 is 0. The number of carbonyl (C=O) groups is 1. The van der Waals surface area contributed by atoms with E-state index in [2.05, 4.69) is 15.5 Å². The number of carbonyl (C=O) groups excluding carboxylic acids is 1. The van der Waals surface area contributed by atoms with Gasteiger partial charge in [-0.05, 0) is 66.6 Å². The van der Waals surface area contributed by atoms with Crippen molar-refractivity contribution < 1.29 is 14.3 Å². The molecule has 0 aliphatic rings. The van der Waals surface area contributed by atoms with E-state index in [4.69, 9.17) is 9.47 Å². The third kappa shape index (κ3) is 4.20. The highest BCUT2D eigenvalue weighted by molar-refractivity contribution is 5.77. The van der Waals surface area contributed by atoms with E-state index in [-0.39, 0.29) is 0 Å². The van der Waals surface area contributed by atoms with E-state index in [1.807, 2.05) is 38.1 Å². The van der Waals surface area contributed by atoms with E-state index in [0.717, 1.165) is 11.1 Å². The van der Waals surface area contributed by atoms with Crippen molar-refractivity contribution in [3.05, 3.63) is 59.9 Å². The van der Waals surface area contributed by atoms with Crippen molar-refractivity contribution in [2.75, 3.05) is 0 Å². The Morgan fingerprint density at radius 2 is 1.84 bits per heavy atom. The van der Waals surface area contributed by atoms with Crippen molar-refractivity contribution in [2.24, 2.45) is 0 Å². The maximum absolute atomic E-state index is 12.3. The van der Waals surface area contributed by atoms with Gasteiger partial charge in [0.15, 0.2) is 6.10 Å². The predicted octanol–water partition coefficient (Wildman–Crippen LogP) is 2.65. The smallest absolute Gasteiger partial charge is 0.352 e. The standard InChI is InChI=1S/C18H18N4O3/c1-12-7-13(2)9-17(8-12)24-14(3)18(23)25-16-6-4-5-15(10-16)22-11-19-20-21-22/h4-11,14H,1-3H3/t14-/m0/s1. The Balaban J connectivity index is 1.68. The third-order valence-electron chi connectivity index (χ3n) is 3.49. The first-order valence-corrected chi connectivity index (χ1v) is 7.81. The summed E-state index contributed by atoms with van der Waals surface area (Å²) in [5.41, 5.74) is 2.84. The van der Waals surface area contributed by atoms with Crippen LogP contribution in [0, 0.1) is 13.8 Å². The summed E-state index contributed by atoms with van der Waals surface area (Å²) in [4.78, 5) is 12.3. The van der Waals surface area contributed by atoms with E-state index >= 15 is 0 Å². The number of benzene rings is 2. The van der Waals surface area contributed by atoms with Crippen LogP contribution in [0.3, 0.4) is 0 Å². The number of hydrogen-bond acceptors (Lipinski definition) is 6. The summed E-state index contributed by atoms with van der Waals surface area (Å²) in [6, 6.07) is 12.7. The minimum absolute atomic E-state index is 0.397. The monoisotopic (exact) mass is 338 g/mol. The van der Waals surface area contributed by atoms with Gasteiger partial charge in [-0.25, -0.2) is 9.48 Å². The Kier molecular flexibility index (Phi) is 4.74. The summed E-state index contributed by atoms with van der Waals surface area (Å²) in [6.45, 7) is 5.62. The number of tetrazole rings is 1. The van der Waals surface area contributed by atoms with E-state index in [9.17, 15) is 4.79 Å². The van der Waals surface area contributed by atoms with Crippen LogP contribution < -0.4 is 9.47 Å². The number of hydrogen-bond donors (Lipinski definition) is 0. The number of aromatic nitrogens is 4. The molecule has 0 fully saturated rings. The highest BCUT2D eigenvalue weighted by atomic mass is 16.6. The Morgan fingerprint density at radius 3 is 2.52 bits per heavy atom. The van der Waals surface area contributed by atoms with Crippen molar-refractivity contribution in [3.8, 4) is 17.2 Å². The van der Waals surface area contributed by atoms with E-state index in [0.29, 0.717) is 17.2 Å². The van der Waals surface area contributed by atoms with Gasteiger partial charge in [0.25, 0.3) is 0 Å². The van der Waals surface area contributed by atoms with E-state index in [1.54, 1.807) is 25.1 Å². The Hall–Kier alpha value is -3.22. The molecule has 2 aromatic carbocycles. The molecule has 0 aliphatic carbocycles. The van der Waals surface area contributed by atoms with Crippen LogP contribution in [-0.4, -0.2) is 32.3 Å². The van der Waals surface area contributed by atoms with Crippen molar-refractivity contribution >= 4 is 5.97 Å². The normalized spacial score (nSPS) is 11.8. The topological polar surface area (TPSA) is 79.1 Å². The van der Waals surface area contributed by atoms with Crippen LogP contribution >= 0.6 is 0 Å². The molecule has 7 nitrogen and oxygen atoms in total. The van der Waals surface area contributed by atoms with Crippen LogP contribution in [0.5, 0.6) is 11.5 Å². The molecule has 0 amide bonds. The molecule has 1 atom stereocenters. The van der Waals surface area contributed by atoms with Crippen LogP contribution in [0.4, 0.5) is 0 Å². The van der Waals surface area contributed by atoms with Crippen LogP contribution in [0.15, 0.2) is 48.8 Å². The summed E-state index contributed by atoms with van der Waals surface area (Å²) in [5, 5.41) is 11.0. The minimum Gasteiger partial charge on any atom is -0.479 e. The average Bonchev–Trinajstić information content (AvgIpc) is 3.08. The first-order chi connectivity index (χ1) is 12.0. The van der Waals surface area contributed by atoms with Gasteiger partial charge in [0.05, 0.1) is 5.69 Å². The molecule has 7 heteroatoms. The molecule has 128 valence electrons. The zero-order valence-electron chi connectivity index (χ0n) is 14.2. The first-order valence-electron chi connectivity index (χ1n) is 7.81. The molecule has 0 aliphatic heterocycles. The highest BCUT2D eigenvalue weighted by Crippen LogP contribution is 2.20. The van der Waals surface area contributed by atoms with Gasteiger partial charge < -0.3 is 9.47 Å². The maximum Gasteiger partial charge on any atom is 0.352 e. The number of rotatable bonds is 5. The summed E-state index contributed by atoms with van der Waals surface area (Å²) in [5.74, 6) is 0.561. The van der Waals surface area contributed by atoms with Gasteiger partial charge >= 0.3 is 5.97 Å². The van der Waals surface area contributed by atoms with Crippen LogP contribution in [-0.2, 0) is 4.79 Å². The quantitative estimate of drug-likeness (QED) is 0.526. The fourth-order valence-electron chi connectivity index (χ4n) is 2.42. The van der Waals surface area contributed by atoms with Gasteiger partial charge in [0.1, 0.15) is 17.8 Å². The van der Waals surface area contributed by atoms with Crippen molar-refractivity contribution in [1.82, 2.24) is 20.2 Å². The molecule has 3 aromatic rings. The lowest BCUT2D eigenvalue weighted by Gasteiger charge is -2.15. The van der Waals surface area contributed by atoms with Crippen LogP contribution in [0.2, 0.25) is 0 Å². The fourth-order valence-corrected chi connectivity index (χ4v) is 2.42. The van der Waals surface area contributed by atoms with Gasteiger partial charge in [-0.3, -0.25) is 0 Å². The molecule has 0 unspecified atom stereocenters. The highest BCUT2D eigenvalue weighted by Gasteiger charge is 2.18. The van der Waals surface area contributed by atoms with Crippen LogP contribution in [0.25, 0.3) is 5.69 Å². The summed E-state index contributed by atoms with van der Waals surface area (Å²) in [7, 11) is 0. The van der Waals surface area contributed by atoms with E-state index in [1.165, 1.54) is 11.0 Å². The molecule has 1 heterocycles. The molecule has 1 aromatic heterocycles. The Bertz CT molecular complexity index is 858. The average molecular weight is 338 g/mol. The SMILES string of the molecule is Cc1cc(C)cc(O[C@@H](C)C(=O)Oc2cccc(-n3cnnn3)c2)c1. The van der Waals surface area contributed by atoms with Gasteiger partial charge in [-0.1, -0.05) is 12.1 Å². The number of aryl methyl sites for hydroxylation is 2. The molecular weight excluding hydrogens is 320 g/mol. The Labute approximate surface area is 145 Å². The van der Waals surface area contributed by atoms with Crippen molar-refractivity contribution in [1.29, 1.82) is 0 Å². The third-order valence-corrected chi connectivity index (χ3v) is 3.49. The lowest BCUT2D eigenvalue weighted by molar-refractivity contribution is -0.141. The largest absolute Gasteiger partial charge is 0.479 e. The van der Waals surface area contributed by atoms with Gasteiger partial charge in [-0.2, -0.15) is 0 Å². The van der Waals surface area contributed by atoms with Gasteiger partial charge in [-0.15, -0.1) is 5.10 Å². The molecule has 3 rings (SSSR count). The number of esters is 1. The number of nitrogens with zero attached hydrogens (tertiary/aromatic N) is 4. The van der Waals surface area contributed by atoms with E-state index < -0.39 is 12.1 Å². The van der Waals surface area contributed by atoms with Crippen molar-refractivity contribution in [2.45, 2.75) is 26.9 Å². The van der Waals surface area contributed by atoms with Crippen LogP contribution in [0.1, 0.15) is 18.1 Å². The Morgan fingerprint density at radius 1 is 1.08 bits per heavy atom. The minimum atomic E-state index is -0.738. The second kappa shape index (κ2) is 7.12. The van der Waals surface area contributed by atoms with Gasteiger partial charge in [0, 0.05) is 6.07 Å². The van der Waals surface area contributed by atoms with Gasteiger partial charge in [0.2, 0.25) is 0 Å². The predicted molar refractivity (Wildman–Crippen MR) is 90.8 cm³/mol. The maximum atomic E-state index is 12.3. The zero-order valence-corrected chi connectivity index (χ0v) is 14.2. The van der Waals surface area contributed by atoms with Crippen molar-refractivity contribution in [3.63, 3.8) is 0 Å². The second-order valence-corrected chi connectivity index (χ2v) is 5.76. The molecular formula is C18H18N4O3. The molecule has 0 saturated heterocycles. The molecule has 0 spiro atoms. The molecule has 0 N–H and O–H groups in total. The second-order valence-electron chi connectivity index (χ2n) is 5.76. The summed E-state index contributed by atoms with van der Waals surface area (Å²) in [6.07, 6.45) is 0.727. The molecule has 0 radical (unpaired) electrons. The summed E-state index contributed by atoms with van der Waals surface area (Å²) < 4.78 is 12.6. The molecule has 0 bridgehead atoms. The number of ether oxygens (including phenoxy) is 2. The molecule has 25 heavy (non-hydrogen) atoms. The fraction of sp³-hybridized carbons (Fsp3) is 0.222.